The van der Waals surface area contributed by atoms with Gasteiger partial charge in [-0.1, -0.05) is 46.4 Å². The number of nitrogens with zero attached hydrogens (tertiary/aromatic N) is 4. The normalized spacial score (nSPS) is 11.2. The first kappa shape index (κ1) is 20.1. The van der Waals surface area contributed by atoms with Gasteiger partial charge in [0, 0.05) is 29.4 Å². The topological polar surface area (TPSA) is 89.2 Å². The Bertz CT molecular complexity index is 1250. The van der Waals surface area contributed by atoms with Gasteiger partial charge in [-0.2, -0.15) is 0 Å². The number of fused-ring (bicyclic) bond motifs is 1. The molecule has 0 atom stereocenters. The number of hydrogen-bond acceptors (Lipinski definition) is 7. The molecule has 4 aromatic rings. The molecule has 0 unspecified atom stereocenters. The minimum Gasteiger partial charge on any atom is -0.280 e. The van der Waals surface area contributed by atoms with E-state index in [0.29, 0.717) is 20.5 Å². The summed E-state index contributed by atoms with van der Waals surface area (Å²) in [5.74, 6) is -0.301. The van der Waals surface area contributed by atoms with Gasteiger partial charge in [-0.05, 0) is 35.9 Å². The smallest absolute Gasteiger partial charge is 0.280 e. The zero-order valence-corrected chi connectivity index (χ0v) is 17.7. The van der Waals surface area contributed by atoms with Crippen LogP contribution in [0.3, 0.4) is 0 Å². The van der Waals surface area contributed by atoms with Crippen LogP contribution in [-0.2, 0) is 11.3 Å². The van der Waals surface area contributed by atoms with Crippen molar-refractivity contribution in [2.45, 2.75) is 6.54 Å². The van der Waals surface area contributed by atoms with E-state index in [1.54, 1.807) is 36.7 Å². The Kier molecular flexibility index (Phi) is 5.84. The molecule has 0 aliphatic rings. The van der Waals surface area contributed by atoms with E-state index >= 15 is 0 Å². The monoisotopic (exact) mass is 456 g/mol. The number of halogens is 1. The number of thiophene rings is 1. The van der Waals surface area contributed by atoms with Crippen molar-refractivity contribution in [3.63, 3.8) is 0 Å². The molecular formula is C20H13ClN4O3S2. The third-order valence-electron chi connectivity index (χ3n) is 4.10. The Labute approximate surface area is 184 Å². The van der Waals surface area contributed by atoms with Gasteiger partial charge in [0.05, 0.1) is 21.2 Å². The molecule has 0 aliphatic carbocycles. The molecule has 4 rings (SSSR count). The summed E-state index contributed by atoms with van der Waals surface area (Å²) in [7, 11) is 0. The zero-order valence-electron chi connectivity index (χ0n) is 15.3. The van der Waals surface area contributed by atoms with Gasteiger partial charge in [-0.15, -0.1) is 0 Å². The van der Waals surface area contributed by atoms with Crippen molar-refractivity contribution >= 4 is 66.6 Å². The number of carbonyl (C=O) groups excluding carboxylic acids is 1. The van der Waals surface area contributed by atoms with Crippen LogP contribution in [0, 0.1) is 10.1 Å². The SMILES string of the molecule is O=C(/C=C/c1ccc([N+](=O)[O-])s1)N(Cc1cccnc1)c1nc2c(Cl)cccc2s1. The minimum atomic E-state index is -0.455. The predicted molar refractivity (Wildman–Crippen MR) is 120 cm³/mol. The summed E-state index contributed by atoms with van der Waals surface area (Å²) in [6.45, 7) is 0.277. The first-order chi connectivity index (χ1) is 14.5. The van der Waals surface area contributed by atoms with E-state index in [0.717, 1.165) is 21.6 Å². The van der Waals surface area contributed by atoms with Gasteiger partial charge in [0.25, 0.3) is 5.91 Å². The molecule has 30 heavy (non-hydrogen) atoms. The lowest BCUT2D eigenvalue weighted by Gasteiger charge is -2.18. The number of benzene rings is 1. The molecule has 0 radical (unpaired) electrons. The molecular weight excluding hydrogens is 444 g/mol. The lowest BCUT2D eigenvalue weighted by atomic mass is 10.2. The highest BCUT2D eigenvalue weighted by Gasteiger charge is 2.19. The van der Waals surface area contributed by atoms with Crippen LogP contribution in [0.2, 0.25) is 5.02 Å². The number of anilines is 1. The van der Waals surface area contributed by atoms with Crippen LogP contribution in [0.4, 0.5) is 10.1 Å². The third-order valence-corrected chi connectivity index (χ3v) is 6.45. The fourth-order valence-corrected chi connectivity index (χ4v) is 4.70. The molecule has 0 fully saturated rings. The summed E-state index contributed by atoms with van der Waals surface area (Å²) in [5, 5.41) is 11.9. The van der Waals surface area contributed by atoms with Crippen LogP contribution < -0.4 is 4.90 Å². The van der Waals surface area contributed by atoms with Gasteiger partial charge in [-0.3, -0.25) is 24.8 Å². The standard InChI is InChI=1S/C20H13ClN4O3S2/c21-15-4-1-5-16-19(15)23-20(30-16)24(12-13-3-2-10-22-11-13)17(26)8-6-14-7-9-18(29-14)25(27)28/h1-11H,12H2/b8-6+. The summed E-state index contributed by atoms with van der Waals surface area (Å²) in [4.78, 5) is 34.3. The Morgan fingerprint density at radius 3 is 2.77 bits per heavy atom. The highest BCUT2D eigenvalue weighted by atomic mass is 35.5. The molecule has 10 heteroatoms. The molecule has 0 saturated heterocycles. The zero-order chi connectivity index (χ0) is 21.1. The second-order valence-corrected chi connectivity index (χ2v) is 8.65. The van der Waals surface area contributed by atoms with E-state index in [1.165, 1.54) is 28.4 Å². The summed E-state index contributed by atoms with van der Waals surface area (Å²) >= 11 is 8.62. The van der Waals surface area contributed by atoms with Gasteiger partial charge in [-0.25, -0.2) is 4.98 Å². The highest BCUT2D eigenvalue weighted by Crippen LogP contribution is 2.33. The number of nitro groups is 1. The molecule has 150 valence electrons. The van der Waals surface area contributed by atoms with Crippen LogP contribution >= 0.6 is 34.3 Å². The molecule has 1 amide bonds. The second-order valence-electron chi connectivity index (χ2n) is 6.14. The Balaban J connectivity index is 1.66. The van der Waals surface area contributed by atoms with E-state index in [9.17, 15) is 14.9 Å². The number of thiazole rings is 1. The maximum absolute atomic E-state index is 13.0. The molecule has 3 heterocycles. The van der Waals surface area contributed by atoms with E-state index < -0.39 is 4.92 Å². The molecule has 1 aromatic carbocycles. The molecule has 0 saturated carbocycles. The Hall–Kier alpha value is -3.14. The lowest BCUT2D eigenvalue weighted by Crippen LogP contribution is -2.28. The number of rotatable bonds is 6. The lowest BCUT2D eigenvalue weighted by molar-refractivity contribution is -0.380. The number of hydrogen-bond donors (Lipinski definition) is 0. The first-order valence-corrected chi connectivity index (χ1v) is 10.7. The van der Waals surface area contributed by atoms with Gasteiger partial charge >= 0.3 is 5.00 Å². The molecule has 3 aromatic heterocycles. The number of pyridine rings is 1. The van der Waals surface area contributed by atoms with Crippen molar-refractivity contribution in [3.05, 3.63) is 86.5 Å². The van der Waals surface area contributed by atoms with Crippen molar-refractivity contribution in [3.8, 4) is 0 Å². The second kappa shape index (κ2) is 8.70. The summed E-state index contributed by atoms with van der Waals surface area (Å²) in [6, 6.07) is 12.2. The summed E-state index contributed by atoms with van der Waals surface area (Å²) in [5.41, 5.74) is 1.48. The van der Waals surface area contributed by atoms with Crippen LogP contribution in [-0.4, -0.2) is 20.8 Å². The highest BCUT2D eigenvalue weighted by molar-refractivity contribution is 7.22. The molecule has 0 aliphatic heterocycles. The summed E-state index contributed by atoms with van der Waals surface area (Å²) < 4.78 is 0.874. The van der Waals surface area contributed by atoms with E-state index in [1.807, 2.05) is 18.2 Å². The van der Waals surface area contributed by atoms with Crippen molar-refractivity contribution < 1.29 is 9.72 Å². The van der Waals surface area contributed by atoms with E-state index in [4.69, 9.17) is 11.6 Å². The van der Waals surface area contributed by atoms with Crippen molar-refractivity contribution in [2.75, 3.05) is 4.90 Å². The number of amides is 1. The summed E-state index contributed by atoms with van der Waals surface area (Å²) in [6.07, 6.45) is 6.31. The van der Waals surface area contributed by atoms with Gasteiger partial charge < -0.3 is 0 Å². The van der Waals surface area contributed by atoms with Crippen molar-refractivity contribution in [1.29, 1.82) is 0 Å². The van der Waals surface area contributed by atoms with E-state index in [2.05, 4.69) is 9.97 Å². The average Bonchev–Trinajstić information content (AvgIpc) is 3.39. The average molecular weight is 457 g/mol. The first-order valence-electron chi connectivity index (χ1n) is 8.69. The fourth-order valence-electron chi connectivity index (χ4n) is 2.71. The maximum Gasteiger partial charge on any atom is 0.324 e. The largest absolute Gasteiger partial charge is 0.324 e. The van der Waals surface area contributed by atoms with Gasteiger partial charge in [0.1, 0.15) is 5.52 Å². The fraction of sp³-hybridized carbons (Fsp3) is 0.0500. The molecule has 0 spiro atoms. The molecule has 7 nitrogen and oxygen atoms in total. The van der Waals surface area contributed by atoms with Crippen LogP contribution in [0.1, 0.15) is 10.4 Å². The Morgan fingerprint density at radius 1 is 1.20 bits per heavy atom. The third kappa shape index (κ3) is 4.38. The quantitative estimate of drug-likeness (QED) is 0.215. The minimum absolute atomic E-state index is 0.0233. The van der Waals surface area contributed by atoms with Crippen LogP contribution in [0.25, 0.3) is 16.3 Å². The van der Waals surface area contributed by atoms with Crippen molar-refractivity contribution in [2.24, 2.45) is 0 Å². The van der Waals surface area contributed by atoms with Gasteiger partial charge in [0.15, 0.2) is 5.13 Å². The number of aromatic nitrogens is 2. The van der Waals surface area contributed by atoms with Crippen molar-refractivity contribution in [1.82, 2.24) is 9.97 Å². The Morgan fingerprint density at radius 2 is 2.07 bits per heavy atom. The number of carbonyl (C=O) groups is 1. The number of para-hydroxylation sites is 1. The molecule has 0 bridgehead atoms. The van der Waals surface area contributed by atoms with Crippen LogP contribution in [0.5, 0.6) is 0 Å². The molecule has 0 N–H and O–H groups in total. The predicted octanol–water partition coefficient (Wildman–Crippen LogP) is 5.56. The van der Waals surface area contributed by atoms with Crippen LogP contribution in [0.15, 0.2) is 60.9 Å². The maximum atomic E-state index is 13.0. The van der Waals surface area contributed by atoms with E-state index in [-0.39, 0.29) is 17.5 Å². The van der Waals surface area contributed by atoms with Gasteiger partial charge in [0.2, 0.25) is 0 Å².